The zero-order valence-electron chi connectivity index (χ0n) is 19.8. The van der Waals surface area contributed by atoms with Crippen molar-refractivity contribution in [1.82, 2.24) is 29.9 Å². The minimum absolute atomic E-state index is 0.0793. The summed E-state index contributed by atoms with van der Waals surface area (Å²) in [4.78, 5) is 19.9. The highest BCUT2D eigenvalue weighted by molar-refractivity contribution is 7.87. The topological polar surface area (TPSA) is 277 Å². The quantitative estimate of drug-likeness (QED) is 0.137. The van der Waals surface area contributed by atoms with Gasteiger partial charge in [0.1, 0.15) is 9.79 Å². The third kappa shape index (κ3) is 7.84. The lowest BCUT2D eigenvalue weighted by Crippen LogP contribution is -2.12. The molecule has 0 bridgehead atoms. The molecule has 0 aliphatic heterocycles. The molecule has 0 radical (unpaired) electrons. The number of rotatable bonds is 9. The van der Waals surface area contributed by atoms with Crippen LogP contribution in [0.15, 0.2) is 51.1 Å². The summed E-state index contributed by atoms with van der Waals surface area (Å²) in [6, 6.07) is 6.06. The predicted octanol–water partition coefficient (Wildman–Crippen LogP) is 2.99. The van der Waals surface area contributed by atoms with E-state index in [2.05, 4.69) is 45.9 Å². The van der Waals surface area contributed by atoms with Crippen LogP contribution < -0.4 is 16.0 Å². The summed E-state index contributed by atoms with van der Waals surface area (Å²) in [7, 11) is -14.9. The van der Waals surface area contributed by atoms with Gasteiger partial charge in [0, 0.05) is 5.69 Å². The van der Waals surface area contributed by atoms with E-state index in [-0.39, 0.29) is 11.6 Å². The SMILES string of the molecule is O=S(=O)(O)c1cccc(Nc2nc(Cl)nc(Nc3cc(Nc4nc(Cl)nc(Cl)n4)c(S(=O)(=O)O)cc3S(=O)(=O)O)n2)c1. The molecule has 18 nitrogen and oxygen atoms in total. The highest BCUT2D eigenvalue weighted by Crippen LogP contribution is 2.35. The van der Waals surface area contributed by atoms with E-state index in [1.807, 2.05) is 0 Å². The summed E-state index contributed by atoms with van der Waals surface area (Å²) in [6.07, 6.45) is 0. The second kappa shape index (κ2) is 11.6. The van der Waals surface area contributed by atoms with Crippen LogP contribution in [0.25, 0.3) is 0 Å². The van der Waals surface area contributed by atoms with Crippen molar-refractivity contribution in [1.29, 1.82) is 0 Å². The Labute approximate surface area is 250 Å². The van der Waals surface area contributed by atoms with Gasteiger partial charge in [-0.05, 0) is 65.1 Å². The van der Waals surface area contributed by atoms with Gasteiger partial charge in [0.2, 0.25) is 33.7 Å². The molecule has 0 atom stereocenters. The molecule has 2 aromatic heterocycles. The lowest BCUT2D eigenvalue weighted by molar-refractivity contribution is 0.479. The predicted molar refractivity (Wildman–Crippen MR) is 147 cm³/mol. The van der Waals surface area contributed by atoms with E-state index < -0.39 is 84.2 Å². The molecule has 24 heteroatoms. The highest BCUT2D eigenvalue weighted by Gasteiger charge is 2.26. The first-order valence-corrected chi connectivity index (χ1v) is 15.8. The minimum atomic E-state index is -5.18. The van der Waals surface area contributed by atoms with Crippen LogP contribution in [0.5, 0.6) is 0 Å². The van der Waals surface area contributed by atoms with Gasteiger partial charge in [0.15, 0.2) is 0 Å². The van der Waals surface area contributed by atoms with E-state index in [9.17, 15) is 38.9 Å². The van der Waals surface area contributed by atoms with Crippen molar-refractivity contribution in [3.8, 4) is 0 Å². The molecule has 0 aliphatic rings. The van der Waals surface area contributed by atoms with Crippen LogP contribution in [-0.2, 0) is 30.4 Å². The van der Waals surface area contributed by atoms with Crippen LogP contribution in [0.3, 0.4) is 0 Å². The van der Waals surface area contributed by atoms with E-state index in [0.717, 1.165) is 18.2 Å². The van der Waals surface area contributed by atoms with Crippen molar-refractivity contribution in [2.75, 3.05) is 16.0 Å². The van der Waals surface area contributed by atoms with E-state index in [1.165, 1.54) is 12.1 Å². The Balaban J connectivity index is 1.80. The van der Waals surface area contributed by atoms with Gasteiger partial charge >= 0.3 is 0 Å². The van der Waals surface area contributed by atoms with Crippen LogP contribution in [0.2, 0.25) is 15.9 Å². The highest BCUT2D eigenvalue weighted by atomic mass is 35.5. The zero-order chi connectivity index (χ0) is 31.0. The Hall–Kier alpha value is -3.54. The average molecular weight is 701 g/mol. The van der Waals surface area contributed by atoms with Crippen molar-refractivity contribution < 1.29 is 38.9 Å². The van der Waals surface area contributed by atoms with Gasteiger partial charge in [0.25, 0.3) is 30.4 Å². The van der Waals surface area contributed by atoms with E-state index in [1.54, 1.807) is 0 Å². The van der Waals surface area contributed by atoms with Gasteiger partial charge in [-0.3, -0.25) is 13.7 Å². The molecule has 0 saturated heterocycles. The van der Waals surface area contributed by atoms with E-state index in [4.69, 9.17) is 34.8 Å². The van der Waals surface area contributed by atoms with Crippen molar-refractivity contribution in [2.24, 2.45) is 0 Å². The second-order valence-electron chi connectivity index (χ2n) is 7.62. The molecule has 4 aromatic rings. The molecule has 0 saturated carbocycles. The third-order valence-corrected chi connectivity index (χ3v) is 7.85. The number of anilines is 6. The monoisotopic (exact) mass is 699 g/mol. The van der Waals surface area contributed by atoms with Crippen LogP contribution in [0.1, 0.15) is 0 Å². The molecule has 6 N–H and O–H groups in total. The summed E-state index contributed by atoms with van der Waals surface area (Å²) in [5.41, 5.74) is -1.01. The summed E-state index contributed by atoms with van der Waals surface area (Å²) >= 11 is 17.4. The number of hydrogen-bond donors (Lipinski definition) is 6. The fraction of sp³-hybridized carbons (Fsp3) is 0. The Morgan fingerprint density at radius 3 is 1.48 bits per heavy atom. The normalized spacial score (nSPS) is 12.1. The molecule has 0 unspecified atom stereocenters. The Kier molecular flexibility index (Phi) is 8.69. The molecule has 0 aliphatic carbocycles. The standard InChI is InChI=1S/C18H12Cl3N9O9S3/c19-13-25-14(20)27-17(26-13)23-9-5-10(12(42(37,38)39)6-11(9)41(34,35)36)24-18-29-15(21)28-16(30-18)22-7-2-1-3-8(4-7)40(31,32)33/h1-6H,(H,31,32,33)(H,34,35,36)(H,37,38,39)(H,23,25,26,27)(H2,22,24,28,29,30). The zero-order valence-corrected chi connectivity index (χ0v) is 24.5. The molecular weight excluding hydrogens is 689 g/mol. The summed E-state index contributed by atoms with van der Waals surface area (Å²) in [6.45, 7) is 0. The molecule has 222 valence electrons. The minimum Gasteiger partial charge on any atom is -0.324 e. The molecule has 4 rings (SSSR count). The number of aromatic nitrogens is 6. The van der Waals surface area contributed by atoms with Crippen molar-refractivity contribution >= 4 is 100 Å². The van der Waals surface area contributed by atoms with Crippen LogP contribution >= 0.6 is 34.8 Å². The maximum Gasteiger partial charge on any atom is 0.296 e. The van der Waals surface area contributed by atoms with Gasteiger partial charge in [0.05, 0.1) is 16.3 Å². The Morgan fingerprint density at radius 1 is 0.548 bits per heavy atom. The molecule has 0 fully saturated rings. The lowest BCUT2D eigenvalue weighted by atomic mass is 10.2. The summed E-state index contributed by atoms with van der Waals surface area (Å²) in [5.74, 6) is -1.19. The van der Waals surface area contributed by atoms with E-state index in [0.29, 0.717) is 6.07 Å². The summed E-state index contributed by atoms with van der Waals surface area (Å²) in [5, 5.41) is 6.16. The van der Waals surface area contributed by atoms with Crippen molar-refractivity contribution in [3.63, 3.8) is 0 Å². The molecule has 42 heavy (non-hydrogen) atoms. The number of halogens is 3. The van der Waals surface area contributed by atoms with Crippen molar-refractivity contribution in [3.05, 3.63) is 52.2 Å². The first-order chi connectivity index (χ1) is 19.4. The molecule has 2 aromatic carbocycles. The molecule has 0 spiro atoms. The van der Waals surface area contributed by atoms with Crippen LogP contribution in [-0.4, -0.2) is 68.8 Å². The fourth-order valence-electron chi connectivity index (χ4n) is 3.13. The second-order valence-corrected chi connectivity index (χ2v) is 12.8. The fourth-order valence-corrected chi connectivity index (χ4v) is 5.57. The Bertz CT molecular complexity index is 2030. The van der Waals surface area contributed by atoms with Crippen molar-refractivity contribution in [2.45, 2.75) is 14.7 Å². The number of hydrogen-bond acceptors (Lipinski definition) is 15. The van der Waals surface area contributed by atoms with Gasteiger partial charge in [-0.1, -0.05) is 6.07 Å². The van der Waals surface area contributed by atoms with E-state index >= 15 is 0 Å². The van der Waals surface area contributed by atoms with Gasteiger partial charge < -0.3 is 16.0 Å². The maximum absolute atomic E-state index is 12.2. The maximum atomic E-state index is 12.2. The first kappa shape index (κ1) is 31.4. The number of nitrogens with one attached hydrogen (secondary N) is 3. The number of benzene rings is 2. The van der Waals surface area contributed by atoms with Gasteiger partial charge in [-0.2, -0.15) is 55.2 Å². The molecule has 2 heterocycles. The summed E-state index contributed by atoms with van der Waals surface area (Å²) < 4.78 is 100. The molecule has 0 amide bonds. The van der Waals surface area contributed by atoms with Crippen LogP contribution in [0, 0.1) is 0 Å². The molecular formula is C18H12Cl3N9O9S3. The Morgan fingerprint density at radius 2 is 1.00 bits per heavy atom. The largest absolute Gasteiger partial charge is 0.324 e. The third-order valence-electron chi connectivity index (χ3n) is 4.71. The number of nitrogens with zero attached hydrogens (tertiary/aromatic N) is 6. The lowest BCUT2D eigenvalue weighted by Gasteiger charge is -2.15. The average Bonchev–Trinajstić information content (AvgIpc) is 2.81. The first-order valence-electron chi connectivity index (χ1n) is 10.4. The van der Waals surface area contributed by atoms with Gasteiger partial charge in [-0.15, -0.1) is 0 Å². The smallest absolute Gasteiger partial charge is 0.296 e. The van der Waals surface area contributed by atoms with Crippen LogP contribution in [0.4, 0.5) is 34.9 Å². The van der Waals surface area contributed by atoms with Gasteiger partial charge in [-0.25, -0.2) is 0 Å².